The van der Waals surface area contributed by atoms with Crippen LogP contribution in [0.1, 0.15) is 11.4 Å². The van der Waals surface area contributed by atoms with Crippen LogP contribution in [0, 0.1) is 18.3 Å². The van der Waals surface area contributed by atoms with Crippen LogP contribution in [0.3, 0.4) is 0 Å². The molecular formula is C14H11BrN2O. The zero-order valence-electron chi connectivity index (χ0n) is 10.1. The number of methoxy groups -OCH3 is 1. The summed E-state index contributed by atoms with van der Waals surface area (Å²) in [7, 11) is 1.63. The van der Waals surface area contributed by atoms with Gasteiger partial charge < -0.3 is 4.74 Å². The lowest BCUT2D eigenvalue weighted by atomic mass is 10.0. The maximum Gasteiger partial charge on any atom is 0.140 e. The van der Waals surface area contributed by atoms with Crippen LogP contribution in [0.5, 0.6) is 5.75 Å². The summed E-state index contributed by atoms with van der Waals surface area (Å²) in [6.45, 7) is 1.90. The molecule has 18 heavy (non-hydrogen) atoms. The maximum atomic E-state index is 8.80. The van der Waals surface area contributed by atoms with Crippen molar-refractivity contribution in [3.05, 3.63) is 46.2 Å². The van der Waals surface area contributed by atoms with Gasteiger partial charge in [0.05, 0.1) is 11.6 Å². The van der Waals surface area contributed by atoms with Gasteiger partial charge in [0.1, 0.15) is 17.5 Å². The number of hydrogen-bond donors (Lipinski definition) is 0. The third kappa shape index (κ3) is 2.36. The number of hydrogen-bond acceptors (Lipinski definition) is 3. The molecule has 4 heteroatoms. The van der Waals surface area contributed by atoms with Gasteiger partial charge in [-0.2, -0.15) is 5.26 Å². The molecule has 3 nitrogen and oxygen atoms in total. The normalized spacial score (nSPS) is 9.89. The minimum absolute atomic E-state index is 0.434. The van der Waals surface area contributed by atoms with Gasteiger partial charge in [0.25, 0.3) is 0 Å². The fraction of sp³-hybridized carbons (Fsp3) is 0.143. The molecule has 0 aliphatic rings. The molecule has 2 rings (SSSR count). The van der Waals surface area contributed by atoms with Crippen molar-refractivity contribution in [1.82, 2.24) is 4.98 Å². The molecule has 2 aromatic rings. The number of nitrogens with zero attached hydrogens (tertiary/aromatic N) is 2. The van der Waals surface area contributed by atoms with Gasteiger partial charge in [-0.15, -0.1) is 0 Å². The Hall–Kier alpha value is -1.86. The van der Waals surface area contributed by atoms with Crippen molar-refractivity contribution in [1.29, 1.82) is 5.26 Å². The van der Waals surface area contributed by atoms with Gasteiger partial charge in [0.2, 0.25) is 0 Å². The topological polar surface area (TPSA) is 45.9 Å². The van der Waals surface area contributed by atoms with Gasteiger partial charge >= 0.3 is 0 Å². The van der Waals surface area contributed by atoms with E-state index in [2.05, 4.69) is 20.9 Å². The fourth-order valence-electron chi connectivity index (χ4n) is 1.76. The first kappa shape index (κ1) is 12.6. The van der Waals surface area contributed by atoms with Crippen LogP contribution in [0.15, 0.2) is 34.8 Å². The van der Waals surface area contributed by atoms with E-state index in [-0.39, 0.29) is 0 Å². The van der Waals surface area contributed by atoms with Crippen molar-refractivity contribution >= 4 is 15.9 Å². The van der Waals surface area contributed by atoms with E-state index in [1.54, 1.807) is 13.2 Å². The van der Waals surface area contributed by atoms with E-state index in [0.29, 0.717) is 5.69 Å². The van der Waals surface area contributed by atoms with Crippen LogP contribution in [-0.4, -0.2) is 12.1 Å². The molecule has 0 N–H and O–H groups in total. The van der Waals surface area contributed by atoms with Crippen molar-refractivity contribution in [3.8, 4) is 22.9 Å². The van der Waals surface area contributed by atoms with Crippen LogP contribution in [0.4, 0.5) is 0 Å². The Kier molecular flexibility index (Phi) is 3.63. The minimum atomic E-state index is 0.434. The molecule has 0 aliphatic heterocycles. The standard InChI is InChI=1S/C14H11BrN2O/c1-9-12(5-4-11(8-16)17-9)10-3-6-14(18-2)13(15)7-10/h3-7H,1-2H3. The second-order valence-corrected chi connectivity index (χ2v) is 4.64. The van der Waals surface area contributed by atoms with Crippen LogP contribution in [-0.2, 0) is 0 Å². The quantitative estimate of drug-likeness (QED) is 0.850. The number of halogens is 1. The monoisotopic (exact) mass is 302 g/mol. The first-order chi connectivity index (χ1) is 8.65. The molecular weight excluding hydrogens is 292 g/mol. The van der Waals surface area contributed by atoms with Crippen molar-refractivity contribution in [2.45, 2.75) is 6.92 Å². The molecule has 0 spiro atoms. The number of benzene rings is 1. The predicted molar refractivity (Wildman–Crippen MR) is 73.4 cm³/mol. The first-order valence-electron chi connectivity index (χ1n) is 5.37. The highest BCUT2D eigenvalue weighted by atomic mass is 79.9. The number of aryl methyl sites for hydroxylation is 1. The summed E-state index contributed by atoms with van der Waals surface area (Å²) < 4.78 is 6.09. The smallest absolute Gasteiger partial charge is 0.140 e. The summed E-state index contributed by atoms with van der Waals surface area (Å²) in [6, 6.07) is 11.5. The van der Waals surface area contributed by atoms with Crippen LogP contribution in [0.2, 0.25) is 0 Å². The minimum Gasteiger partial charge on any atom is -0.496 e. The molecule has 0 radical (unpaired) electrons. The zero-order chi connectivity index (χ0) is 13.1. The van der Waals surface area contributed by atoms with E-state index >= 15 is 0 Å². The Bertz CT molecular complexity index is 632. The second-order valence-electron chi connectivity index (χ2n) is 3.79. The van der Waals surface area contributed by atoms with E-state index in [1.165, 1.54) is 0 Å². The van der Waals surface area contributed by atoms with E-state index in [9.17, 15) is 0 Å². The number of pyridine rings is 1. The zero-order valence-corrected chi connectivity index (χ0v) is 11.7. The van der Waals surface area contributed by atoms with Gasteiger partial charge in [-0.25, -0.2) is 4.98 Å². The van der Waals surface area contributed by atoms with Gasteiger partial charge in [-0.05, 0) is 52.7 Å². The van der Waals surface area contributed by atoms with Gasteiger partial charge in [-0.3, -0.25) is 0 Å². The molecule has 0 amide bonds. The predicted octanol–water partition coefficient (Wildman–Crippen LogP) is 3.70. The Morgan fingerprint density at radius 1 is 1.28 bits per heavy atom. The molecule has 1 aromatic carbocycles. The summed E-state index contributed by atoms with van der Waals surface area (Å²) in [5, 5.41) is 8.80. The van der Waals surface area contributed by atoms with Crippen molar-refractivity contribution in [3.63, 3.8) is 0 Å². The summed E-state index contributed by atoms with van der Waals surface area (Å²) in [5.41, 5.74) is 3.32. The molecule has 0 saturated heterocycles. The highest BCUT2D eigenvalue weighted by Crippen LogP contribution is 2.31. The van der Waals surface area contributed by atoms with Crippen molar-refractivity contribution in [2.24, 2.45) is 0 Å². The molecule has 0 saturated carbocycles. The van der Waals surface area contributed by atoms with Crippen LogP contribution >= 0.6 is 15.9 Å². The summed E-state index contributed by atoms with van der Waals surface area (Å²) >= 11 is 3.46. The average Bonchev–Trinajstić information content (AvgIpc) is 2.38. The maximum absolute atomic E-state index is 8.80. The highest BCUT2D eigenvalue weighted by molar-refractivity contribution is 9.10. The van der Waals surface area contributed by atoms with Gasteiger partial charge in [0.15, 0.2) is 0 Å². The largest absolute Gasteiger partial charge is 0.496 e. The third-order valence-electron chi connectivity index (χ3n) is 2.66. The Labute approximate surface area is 114 Å². The van der Waals surface area contributed by atoms with Crippen molar-refractivity contribution < 1.29 is 4.74 Å². The van der Waals surface area contributed by atoms with E-state index < -0.39 is 0 Å². The second kappa shape index (κ2) is 5.19. The lowest BCUT2D eigenvalue weighted by Gasteiger charge is -2.08. The van der Waals surface area contributed by atoms with E-state index in [4.69, 9.17) is 10.00 Å². The van der Waals surface area contributed by atoms with Crippen LogP contribution in [0.25, 0.3) is 11.1 Å². The van der Waals surface area contributed by atoms with Crippen LogP contribution < -0.4 is 4.74 Å². The summed E-state index contributed by atoms with van der Waals surface area (Å²) in [4.78, 5) is 4.23. The fourth-order valence-corrected chi connectivity index (χ4v) is 2.30. The number of rotatable bonds is 2. The average molecular weight is 303 g/mol. The molecule has 90 valence electrons. The lowest BCUT2D eigenvalue weighted by Crippen LogP contribution is -1.92. The molecule has 0 atom stereocenters. The Balaban J connectivity index is 2.49. The summed E-state index contributed by atoms with van der Waals surface area (Å²) in [6.07, 6.45) is 0. The number of aromatic nitrogens is 1. The van der Waals surface area contributed by atoms with E-state index in [0.717, 1.165) is 27.0 Å². The first-order valence-corrected chi connectivity index (χ1v) is 6.16. The molecule has 0 fully saturated rings. The molecule has 0 unspecified atom stereocenters. The molecule has 1 heterocycles. The van der Waals surface area contributed by atoms with Gasteiger partial charge in [-0.1, -0.05) is 6.07 Å². The SMILES string of the molecule is COc1ccc(-c2ccc(C#N)nc2C)cc1Br. The van der Waals surface area contributed by atoms with Gasteiger partial charge in [0, 0.05) is 11.3 Å². The lowest BCUT2D eigenvalue weighted by molar-refractivity contribution is 0.412. The number of ether oxygens (including phenoxy) is 1. The highest BCUT2D eigenvalue weighted by Gasteiger charge is 2.07. The molecule has 0 bridgehead atoms. The number of nitriles is 1. The van der Waals surface area contributed by atoms with Crippen molar-refractivity contribution in [2.75, 3.05) is 7.11 Å². The Morgan fingerprint density at radius 2 is 2.06 bits per heavy atom. The molecule has 0 aliphatic carbocycles. The summed E-state index contributed by atoms with van der Waals surface area (Å²) in [5.74, 6) is 0.790. The molecule has 1 aromatic heterocycles. The third-order valence-corrected chi connectivity index (χ3v) is 3.28. The van der Waals surface area contributed by atoms with E-state index in [1.807, 2.05) is 37.3 Å². The Morgan fingerprint density at radius 3 is 2.61 bits per heavy atom.